The number of benzene rings is 1. The number of carbonyl (C=O) groups is 1. The van der Waals surface area contributed by atoms with Crippen molar-refractivity contribution in [2.75, 3.05) is 25.0 Å². The lowest BCUT2D eigenvalue weighted by atomic mass is 10.1. The van der Waals surface area contributed by atoms with E-state index in [0.717, 1.165) is 30.7 Å². The number of rotatable bonds is 5. The number of hydrogen-bond donors (Lipinski definition) is 2. The summed E-state index contributed by atoms with van der Waals surface area (Å²) in [6, 6.07) is 7.53. The molecule has 0 bridgehead atoms. The van der Waals surface area contributed by atoms with Crippen molar-refractivity contribution in [1.82, 2.24) is 4.90 Å². The third kappa shape index (κ3) is 4.44. The molecule has 0 aromatic heterocycles. The third-order valence-electron chi connectivity index (χ3n) is 3.78. The van der Waals surface area contributed by atoms with Gasteiger partial charge in [-0.3, -0.25) is 0 Å². The lowest BCUT2D eigenvalue weighted by Crippen LogP contribution is -2.40. The normalized spacial score (nSPS) is 19.3. The first-order valence-corrected chi connectivity index (χ1v) is 7.63. The summed E-state index contributed by atoms with van der Waals surface area (Å²) >= 11 is 0. The Morgan fingerprint density at radius 3 is 3.00 bits per heavy atom. The highest BCUT2D eigenvalue weighted by molar-refractivity contribution is 5.89. The van der Waals surface area contributed by atoms with Crippen LogP contribution in [-0.2, 0) is 4.74 Å². The highest BCUT2D eigenvalue weighted by atomic mass is 16.5. The number of nitrogens with two attached hydrogens (primary N) is 1. The minimum atomic E-state index is -0.0881. The molecule has 0 spiro atoms. The van der Waals surface area contributed by atoms with Crippen LogP contribution in [0.1, 0.15) is 38.3 Å². The van der Waals surface area contributed by atoms with Crippen LogP contribution in [0.25, 0.3) is 0 Å². The minimum absolute atomic E-state index is 0.0454. The molecule has 1 aromatic carbocycles. The van der Waals surface area contributed by atoms with Crippen molar-refractivity contribution in [3.05, 3.63) is 29.8 Å². The van der Waals surface area contributed by atoms with Crippen molar-refractivity contribution < 1.29 is 9.53 Å². The SMILES string of the molecule is CCN(CC1CCCO1)C(=O)Nc1cccc(C(C)N)c1. The van der Waals surface area contributed by atoms with Crippen LogP contribution in [-0.4, -0.2) is 36.7 Å². The van der Waals surface area contributed by atoms with E-state index in [9.17, 15) is 4.79 Å². The molecular formula is C16H25N3O2. The Bertz CT molecular complexity index is 470. The maximum atomic E-state index is 12.3. The topological polar surface area (TPSA) is 67.6 Å². The molecule has 1 fully saturated rings. The van der Waals surface area contributed by atoms with E-state index in [2.05, 4.69) is 5.32 Å². The number of hydrogen-bond acceptors (Lipinski definition) is 3. The van der Waals surface area contributed by atoms with Gasteiger partial charge in [-0.2, -0.15) is 0 Å². The zero-order chi connectivity index (χ0) is 15.2. The number of likely N-dealkylation sites (N-methyl/N-ethyl adjacent to an activating group) is 1. The molecular weight excluding hydrogens is 266 g/mol. The summed E-state index contributed by atoms with van der Waals surface area (Å²) in [5.41, 5.74) is 7.66. The first-order chi connectivity index (χ1) is 10.1. The van der Waals surface area contributed by atoms with Crippen molar-refractivity contribution in [1.29, 1.82) is 0 Å². The van der Waals surface area contributed by atoms with Crippen LogP contribution in [0, 0.1) is 0 Å². The molecule has 2 amide bonds. The van der Waals surface area contributed by atoms with Gasteiger partial charge in [0.05, 0.1) is 6.10 Å². The standard InChI is InChI=1S/C16H25N3O2/c1-3-19(11-15-8-5-9-21-15)16(20)18-14-7-4-6-13(10-14)12(2)17/h4,6-7,10,12,15H,3,5,8-9,11,17H2,1-2H3,(H,18,20). The van der Waals surface area contributed by atoms with E-state index in [0.29, 0.717) is 13.1 Å². The summed E-state index contributed by atoms with van der Waals surface area (Å²) in [7, 11) is 0. The molecule has 2 unspecified atom stereocenters. The van der Waals surface area contributed by atoms with Crippen LogP contribution in [0.3, 0.4) is 0 Å². The van der Waals surface area contributed by atoms with Gasteiger partial charge in [0.15, 0.2) is 0 Å². The van der Waals surface area contributed by atoms with Gasteiger partial charge in [0.25, 0.3) is 0 Å². The highest BCUT2D eigenvalue weighted by Crippen LogP contribution is 2.17. The van der Waals surface area contributed by atoms with Gasteiger partial charge in [0.2, 0.25) is 0 Å². The molecule has 3 N–H and O–H groups in total. The lowest BCUT2D eigenvalue weighted by molar-refractivity contribution is 0.0849. The number of nitrogens with one attached hydrogen (secondary N) is 1. The van der Waals surface area contributed by atoms with Gasteiger partial charge in [-0.1, -0.05) is 12.1 Å². The smallest absolute Gasteiger partial charge is 0.321 e. The van der Waals surface area contributed by atoms with E-state index in [1.165, 1.54) is 0 Å². The highest BCUT2D eigenvalue weighted by Gasteiger charge is 2.21. The Kier molecular flexibility index (Phi) is 5.59. The maximum absolute atomic E-state index is 12.3. The number of anilines is 1. The first-order valence-electron chi connectivity index (χ1n) is 7.63. The van der Waals surface area contributed by atoms with Gasteiger partial charge >= 0.3 is 6.03 Å². The molecule has 0 radical (unpaired) electrons. The zero-order valence-electron chi connectivity index (χ0n) is 12.8. The molecule has 1 aliphatic rings. The lowest BCUT2D eigenvalue weighted by Gasteiger charge is -2.24. The monoisotopic (exact) mass is 291 g/mol. The van der Waals surface area contributed by atoms with Gasteiger partial charge in [-0.05, 0) is 44.4 Å². The van der Waals surface area contributed by atoms with Crippen molar-refractivity contribution >= 4 is 11.7 Å². The number of amides is 2. The number of ether oxygens (including phenoxy) is 1. The second-order valence-corrected chi connectivity index (χ2v) is 5.52. The van der Waals surface area contributed by atoms with Gasteiger partial charge in [0, 0.05) is 31.4 Å². The molecule has 0 aliphatic carbocycles. The van der Waals surface area contributed by atoms with Crippen molar-refractivity contribution in [3.8, 4) is 0 Å². The fourth-order valence-corrected chi connectivity index (χ4v) is 2.49. The molecule has 2 rings (SSSR count). The van der Waals surface area contributed by atoms with Crippen molar-refractivity contribution in [2.24, 2.45) is 5.73 Å². The molecule has 1 aromatic rings. The van der Waals surface area contributed by atoms with Gasteiger partial charge in [-0.15, -0.1) is 0 Å². The molecule has 5 nitrogen and oxygen atoms in total. The molecule has 2 atom stereocenters. The Balaban J connectivity index is 1.96. The second-order valence-electron chi connectivity index (χ2n) is 5.52. The van der Waals surface area contributed by atoms with Crippen LogP contribution < -0.4 is 11.1 Å². The Hall–Kier alpha value is -1.59. The fraction of sp³-hybridized carbons (Fsp3) is 0.562. The van der Waals surface area contributed by atoms with E-state index in [4.69, 9.17) is 10.5 Å². The van der Waals surface area contributed by atoms with Crippen LogP contribution in [0.4, 0.5) is 10.5 Å². The van der Waals surface area contributed by atoms with Crippen molar-refractivity contribution in [2.45, 2.75) is 38.8 Å². The minimum Gasteiger partial charge on any atom is -0.376 e. The molecule has 0 saturated carbocycles. The summed E-state index contributed by atoms with van der Waals surface area (Å²) in [6.07, 6.45) is 2.29. The van der Waals surface area contributed by atoms with Crippen LogP contribution in [0.5, 0.6) is 0 Å². The predicted octanol–water partition coefficient (Wildman–Crippen LogP) is 2.74. The van der Waals surface area contributed by atoms with Crippen LogP contribution in [0.15, 0.2) is 24.3 Å². The second kappa shape index (κ2) is 7.43. The van der Waals surface area contributed by atoms with Crippen molar-refractivity contribution in [3.63, 3.8) is 0 Å². The average Bonchev–Trinajstić information content (AvgIpc) is 2.97. The van der Waals surface area contributed by atoms with E-state index >= 15 is 0 Å². The molecule has 21 heavy (non-hydrogen) atoms. The summed E-state index contributed by atoms with van der Waals surface area (Å²) < 4.78 is 5.60. The average molecular weight is 291 g/mol. The predicted molar refractivity (Wildman–Crippen MR) is 84.3 cm³/mol. The molecule has 1 saturated heterocycles. The Labute approximate surface area is 126 Å². The fourth-order valence-electron chi connectivity index (χ4n) is 2.49. The van der Waals surface area contributed by atoms with Gasteiger partial charge in [-0.25, -0.2) is 4.79 Å². The van der Waals surface area contributed by atoms with E-state index < -0.39 is 0 Å². The Morgan fingerprint density at radius 2 is 2.38 bits per heavy atom. The summed E-state index contributed by atoms with van der Waals surface area (Å²) in [4.78, 5) is 14.1. The summed E-state index contributed by atoms with van der Waals surface area (Å²) in [5.74, 6) is 0. The first kappa shape index (κ1) is 15.8. The maximum Gasteiger partial charge on any atom is 0.321 e. The van der Waals surface area contributed by atoms with Gasteiger partial charge in [0.1, 0.15) is 0 Å². The van der Waals surface area contributed by atoms with Gasteiger partial charge < -0.3 is 20.7 Å². The van der Waals surface area contributed by atoms with E-state index in [1.54, 1.807) is 4.90 Å². The molecule has 1 aliphatic heterocycles. The van der Waals surface area contributed by atoms with Crippen LogP contribution in [0.2, 0.25) is 0 Å². The van der Waals surface area contributed by atoms with Crippen LogP contribution >= 0.6 is 0 Å². The number of carbonyl (C=O) groups excluding carboxylic acids is 1. The summed E-state index contributed by atoms with van der Waals surface area (Å²) in [5, 5.41) is 2.94. The summed E-state index contributed by atoms with van der Waals surface area (Å²) in [6.45, 7) is 6.03. The van der Waals surface area contributed by atoms with E-state index in [1.807, 2.05) is 38.1 Å². The van der Waals surface area contributed by atoms with E-state index in [-0.39, 0.29) is 18.2 Å². The largest absolute Gasteiger partial charge is 0.376 e. The Morgan fingerprint density at radius 1 is 1.57 bits per heavy atom. The number of nitrogens with zero attached hydrogens (tertiary/aromatic N) is 1. The quantitative estimate of drug-likeness (QED) is 0.876. The third-order valence-corrected chi connectivity index (χ3v) is 3.78. The number of urea groups is 1. The molecule has 5 heteroatoms. The zero-order valence-corrected chi connectivity index (χ0v) is 12.8. The molecule has 116 valence electrons. The molecule has 1 heterocycles.